The summed E-state index contributed by atoms with van der Waals surface area (Å²) >= 11 is 2.00. The molecule has 1 rings (SSSR count). The van der Waals surface area contributed by atoms with E-state index in [4.69, 9.17) is 15.6 Å². The van der Waals surface area contributed by atoms with E-state index < -0.39 is 29.8 Å². The monoisotopic (exact) mass is 321 g/mol. The molecule has 0 aromatic carbocycles. The number of aliphatic hydroxyl groups is 3. The van der Waals surface area contributed by atoms with E-state index in [1.165, 1.54) is 8.93 Å². The molecule has 0 bridgehead atoms. The van der Waals surface area contributed by atoms with Gasteiger partial charge in [-0.15, -0.1) is 0 Å². The van der Waals surface area contributed by atoms with Crippen molar-refractivity contribution >= 4 is 30.1 Å². The van der Waals surface area contributed by atoms with E-state index >= 15 is 0 Å². The largest absolute Gasteiger partial charge is 0.394 e. The van der Waals surface area contributed by atoms with Crippen molar-refractivity contribution in [3.8, 4) is 0 Å². The first kappa shape index (κ1) is 12.0. The van der Waals surface area contributed by atoms with Crippen LogP contribution in [0.3, 0.4) is 0 Å². The average Bonchev–Trinajstić information content (AvgIpc) is 2.15. The minimum Gasteiger partial charge on any atom is -0.394 e. The molecule has 0 aliphatic carbocycles. The van der Waals surface area contributed by atoms with E-state index in [9.17, 15) is 10.2 Å². The summed E-state index contributed by atoms with van der Waals surface area (Å²) in [5.41, 5.74) is 5.21. The van der Waals surface area contributed by atoms with Crippen LogP contribution in [-0.2, 0) is 4.74 Å². The third-order valence-corrected chi connectivity index (χ3v) is 4.12. The fraction of sp³-hybridized carbons (Fsp3) is 1.00. The SMILES string of the molecule is NC1C(SI)OC(CO)C(O)C1O. The van der Waals surface area contributed by atoms with Crippen molar-refractivity contribution in [2.45, 2.75) is 29.8 Å². The Morgan fingerprint density at radius 3 is 2.46 bits per heavy atom. The summed E-state index contributed by atoms with van der Waals surface area (Å²) in [5.74, 6) is 0. The lowest BCUT2D eigenvalue weighted by Crippen LogP contribution is -2.60. The van der Waals surface area contributed by atoms with Gasteiger partial charge in [-0.25, -0.2) is 0 Å². The van der Waals surface area contributed by atoms with Gasteiger partial charge in [-0.1, -0.05) is 8.93 Å². The molecule has 5 atom stereocenters. The predicted octanol–water partition coefficient (Wildman–Crippen LogP) is -1.16. The molecular weight excluding hydrogens is 309 g/mol. The molecule has 1 fully saturated rings. The Kier molecular flexibility index (Phi) is 4.69. The maximum Gasteiger partial charge on any atom is 0.131 e. The van der Waals surface area contributed by atoms with Crippen LogP contribution in [0.4, 0.5) is 0 Å². The van der Waals surface area contributed by atoms with Crippen LogP contribution in [0.5, 0.6) is 0 Å². The topological polar surface area (TPSA) is 95.9 Å². The first-order valence-corrected chi connectivity index (χ1v) is 7.19. The van der Waals surface area contributed by atoms with Gasteiger partial charge in [-0.2, -0.15) is 0 Å². The molecule has 1 aliphatic heterocycles. The van der Waals surface area contributed by atoms with Gasteiger partial charge in [0.15, 0.2) is 0 Å². The molecule has 0 saturated carbocycles. The number of ether oxygens (including phenoxy) is 1. The van der Waals surface area contributed by atoms with Crippen molar-refractivity contribution in [3.05, 3.63) is 0 Å². The van der Waals surface area contributed by atoms with Crippen LogP contribution in [0.1, 0.15) is 0 Å². The molecule has 0 spiro atoms. The quantitative estimate of drug-likeness (QED) is 0.479. The van der Waals surface area contributed by atoms with Crippen molar-refractivity contribution in [1.82, 2.24) is 0 Å². The molecule has 5 nitrogen and oxygen atoms in total. The highest BCUT2D eigenvalue weighted by Gasteiger charge is 2.42. The van der Waals surface area contributed by atoms with E-state index in [-0.39, 0.29) is 6.61 Å². The van der Waals surface area contributed by atoms with E-state index in [1.54, 1.807) is 0 Å². The summed E-state index contributed by atoms with van der Waals surface area (Å²) in [6.07, 6.45) is -2.90. The van der Waals surface area contributed by atoms with Gasteiger partial charge in [0.2, 0.25) is 0 Å². The third-order valence-electron chi connectivity index (χ3n) is 2.02. The third kappa shape index (κ3) is 2.46. The summed E-state index contributed by atoms with van der Waals surface area (Å²) in [6.45, 7) is -0.321. The molecule has 7 heteroatoms. The van der Waals surface area contributed by atoms with Gasteiger partial charge in [0.05, 0.1) is 12.6 Å². The van der Waals surface area contributed by atoms with Gasteiger partial charge in [-0.05, 0) is 21.2 Å². The van der Waals surface area contributed by atoms with E-state index in [2.05, 4.69) is 0 Å². The molecule has 1 aliphatic rings. The zero-order chi connectivity index (χ0) is 10.0. The highest BCUT2D eigenvalue weighted by molar-refractivity contribution is 14.2. The van der Waals surface area contributed by atoms with Crippen LogP contribution in [0.15, 0.2) is 0 Å². The fourth-order valence-electron chi connectivity index (χ4n) is 1.18. The number of rotatable bonds is 2. The Hall–Kier alpha value is 0.880. The van der Waals surface area contributed by atoms with Crippen molar-refractivity contribution in [3.63, 3.8) is 0 Å². The Bertz CT molecular complexity index is 155. The van der Waals surface area contributed by atoms with Gasteiger partial charge in [-0.3, -0.25) is 0 Å². The Morgan fingerprint density at radius 2 is 2.00 bits per heavy atom. The van der Waals surface area contributed by atoms with Gasteiger partial charge in [0.25, 0.3) is 0 Å². The second-order valence-corrected chi connectivity index (χ2v) is 5.04. The molecule has 1 heterocycles. The van der Waals surface area contributed by atoms with Crippen LogP contribution in [-0.4, -0.2) is 51.7 Å². The number of nitrogens with two attached hydrogens (primary N) is 1. The fourth-order valence-corrected chi connectivity index (χ4v) is 3.02. The average molecular weight is 321 g/mol. The molecule has 5 unspecified atom stereocenters. The summed E-state index contributed by atoms with van der Waals surface area (Å²) in [5, 5.41) is 27.7. The van der Waals surface area contributed by atoms with Crippen molar-refractivity contribution in [2.24, 2.45) is 5.73 Å². The molecule has 0 aromatic rings. The van der Waals surface area contributed by atoms with E-state index in [0.29, 0.717) is 0 Å². The minimum absolute atomic E-state index is 0.321. The summed E-state index contributed by atoms with van der Waals surface area (Å²) in [6, 6.07) is -0.625. The first-order valence-electron chi connectivity index (χ1n) is 3.77. The number of aliphatic hydroxyl groups excluding tert-OH is 3. The van der Waals surface area contributed by atoms with Crippen molar-refractivity contribution in [1.29, 1.82) is 0 Å². The molecule has 5 N–H and O–H groups in total. The summed E-state index contributed by atoms with van der Waals surface area (Å²) in [7, 11) is 1.32. The van der Waals surface area contributed by atoms with Gasteiger partial charge < -0.3 is 25.8 Å². The first-order chi connectivity index (χ1) is 6.11. The molecule has 13 heavy (non-hydrogen) atoms. The zero-order valence-corrected chi connectivity index (χ0v) is 9.68. The smallest absolute Gasteiger partial charge is 0.131 e. The standard InChI is InChI=1S/C6H12INO4S/c7-13-6-3(8)5(11)4(10)2(1-9)12-6/h2-6,9-11H,1,8H2. The Balaban J connectivity index is 2.66. The van der Waals surface area contributed by atoms with Gasteiger partial charge in [0, 0.05) is 0 Å². The van der Waals surface area contributed by atoms with Crippen LogP contribution >= 0.6 is 30.1 Å². The van der Waals surface area contributed by atoms with Crippen LogP contribution in [0, 0.1) is 0 Å². The van der Waals surface area contributed by atoms with Gasteiger partial charge >= 0.3 is 0 Å². The van der Waals surface area contributed by atoms with E-state index in [1.807, 2.05) is 21.2 Å². The Morgan fingerprint density at radius 1 is 1.38 bits per heavy atom. The highest BCUT2D eigenvalue weighted by Crippen LogP contribution is 2.30. The van der Waals surface area contributed by atoms with Crippen molar-refractivity contribution < 1.29 is 20.1 Å². The lowest BCUT2D eigenvalue weighted by atomic mass is 9.99. The Labute approximate surface area is 92.2 Å². The number of halogens is 1. The number of hydrogen-bond donors (Lipinski definition) is 4. The maximum absolute atomic E-state index is 9.47. The second kappa shape index (κ2) is 5.10. The normalized spacial score (nSPS) is 46.4. The van der Waals surface area contributed by atoms with Crippen LogP contribution in [0.25, 0.3) is 0 Å². The van der Waals surface area contributed by atoms with E-state index in [0.717, 1.165) is 0 Å². The lowest BCUT2D eigenvalue weighted by molar-refractivity contribution is -0.165. The molecule has 1 saturated heterocycles. The summed E-state index contributed by atoms with van der Waals surface area (Å²) < 4.78 is 5.25. The second-order valence-electron chi connectivity index (χ2n) is 2.87. The lowest BCUT2D eigenvalue weighted by Gasteiger charge is -2.39. The van der Waals surface area contributed by atoms with Gasteiger partial charge in [0.1, 0.15) is 23.7 Å². The van der Waals surface area contributed by atoms with Crippen molar-refractivity contribution in [2.75, 3.05) is 6.61 Å². The summed E-state index contributed by atoms with van der Waals surface area (Å²) in [4.78, 5) is 0. The highest BCUT2D eigenvalue weighted by atomic mass is 127. The van der Waals surface area contributed by atoms with Crippen LogP contribution in [0.2, 0.25) is 0 Å². The molecule has 0 aromatic heterocycles. The predicted molar refractivity (Wildman–Crippen MR) is 57.3 cm³/mol. The molecule has 0 radical (unpaired) electrons. The number of hydrogen-bond acceptors (Lipinski definition) is 6. The zero-order valence-electron chi connectivity index (χ0n) is 6.71. The maximum atomic E-state index is 9.47. The minimum atomic E-state index is -1.11. The molecule has 0 amide bonds. The molecule has 78 valence electrons. The molecular formula is C6H12INO4S. The van der Waals surface area contributed by atoms with Crippen LogP contribution < -0.4 is 5.73 Å².